The van der Waals surface area contributed by atoms with Crippen molar-refractivity contribution in [3.05, 3.63) is 59.2 Å². The van der Waals surface area contributed by atoms with Crippen LogP contribution in [0.5, 0.6) is 0 Å². The van der Waals surface area contributed by atoms with Crippen LogP contribution >= 0.6 is 0 Å². The summed E-state index contributed by atoms with van der Waals surface area (Å²) in [4.78, 5) is 0. The molecule has 1 atom stereocenters. The minimum Gasteiger partial charge on any atom is -0.119 e. The van der Waals surface area contributed by atoms with Gasteiger partial charge >= 0.3 is 0 Å². The van der Waals surface area contributed by atoms with Crippen molar-refractivity contribution in [3.63, 3.8) is 0 Å². The van der Waals surface area contributed by atoms with E-state index in [1.165, 1.54) is 16.7 Å². The van der Waals surface area contributed by atoms with Gasteiger partial charge in [0.25, 0.3) is 0 Å². The highest BCUT2D eigenvalue weighted by Crippen LogP contribution is 2.25. The molecule has 16 heavy (non-hydrogen) atoms. The van der Waals surface area contributed by atoms with E-state index in [4.69, 9.17) is 6.42 Å². The molecular formula is C16H18. The van der Waals surface area contributed by atoms with Crippen molar-refractivity contribution >= 4 is 0 Å². The molecule has 0 aliphatic carbocycles. The topological polar surface area (TPSA) is 0 Å². The maximum atomic E-state index is 5.64. The SMILES string of the molecule is C#CC(C(/C=C\C)=C/C)c1cccc(C)c1. The summed E-state index contributed by atoms with van der Waals surface area (Å²) < 4.78 is 0. The monoisotopic (exact) mass is 210 g/mol. The molecule has 0 nitrogen and oxygen atoms in total. The Kier molecular flexibility index (Phi) is 4.61. The van der Waals surface area contributed by atoms with Crippen molar-refractivity contribution in [2.24, 2.45) is 0 Å². The first-order valence-corrected chi connectivity index (χ1v) is 5.54. The van der Waals surface area contributed by atoms with Crippen LogP contribution < -0.4 is 0 Å². The Morgan fingerprint density at radius 3 is 2.62 bits per heavy atom. The van der Waals surface area contributed by atoms with Gasteiger partial charge in [0.05, 0.1) is 5.92 Å². The second-order valence-corrected chi connectivity index (χ2v) is 3.80. The Balaban J connectivity index is 3.13. The molecule has 82 valence electrons. The van der Waals surface area contributed by atoms with Crippen LogP contribution in [0.4, 0.5) is 0 Å². The van der Waals surface area contributed by atoms with E-state index in [0.717, 1.165) is 0 Å². The van der Waals surface area contributed by atoms with Crippen LogP contribution in [0.2, 0.25) is 0 Å². The lowest BCUT2D eigenvalue weighted by molar-refractivity contribution is 1.05. The normalized spacial score (nSPS) is 13.8. The van der Waals surface area contributed by atoms with E-state index in [0.29, 0.717) is 0 Å². The zero-order valence-electron chi connectivity index (χ0n) is 10.2. The summed E-state index contributed by atoms with van der Waals surface area (Å²) in [5, 5.41) is 0. The van der Waals surface area contributed by atoms with E-state index in [1.54, 1.807) is 0 Å². The lowest BCUT2D eigenvalue weighted by Crippen LogP contribution is -1.98. The fourth-order valence-corrected chi connectivity index (χ4v) is 1.79. The van der Waals surface area contributed by atoms with Gasteiger partial charge in [0, 0.05) is 0 Å². The van der Waals surface area contributed by atoms with Crippen molar-refractivity contribution in [2.75, 3.05) is 0 Å². The molecule has 0 saturated carbocycles. The first-order valence-electron chi connectivity index (χ1n) is 5.54. The summed E-state index contributed by atoms with van der Waals surface area (Å²) in [6.07, 6.45) is 11.8. The number of rotatable bonds is 3. The van der Waals surface area contributed by atoms with Crippen LogP contribution in [0.25, 0.3) is 0 Å². The van der Waals surface area contributed by atoms with Crippen LogP contribution in [-0.4, -0.2) is 0 Å². The first kappa shape index (κ1) is 12.3. The number of benzene rings is 1. The molecule has 0 amide bonds. The minimum atomic E-state index is 0.0566. The van der Waals surface area contributed by atoms with Gasteiger partial charge in [-0.25, -0.2) is 0 Å². The van der Waals surface area contributed by atoms with Gasteiger partial charge in [-0.05, 0) is 31.9 Å². The molecule has 0 N–H and O–H groups in total. The Morgan fingerprint density at radius 1 is 1.38 bits per heavy atom. The first-order chi connectivity index (χ1) is 7.72. The number of allylic oxidation sites excluding steroid dienone is 4. The van der Waals surface area contributed by atoms with E-state index in [-0.39, 0.29) is 5.92 Å². The molecule has 0 aromatic heterocycles. The highest BCUT2D eigenvalue weighted by atomic mass is 14.1. The number of hydrogen-bond acceptors (Lipinski definition) is 0. The summed E-state index contributed by atoms with van der Waals surface area (Å²) in [6.45, 7) is 6.12. The molecule has 0 heteroatoms. The van der Waals surface area contributed by atoms with E-state index >= 15 is 0 Å². The second-order valence-electron chi connectivity index (χ2n) is 3.80. The Hall–Kier alpha value is -1.74. The molecule has 0 radical (unpaired) electrons. The quantitative estimate of drug-likeness (QED) is 0.517. The zero-order valence-corrected chi connectivity index (χ0v) is 10.2. The van der Waals surface area contributed by atoms with Gasteiger partial charge in [-0.3, -0.25) is 0 Å². The van der Waals surface area contributed by atoms with Crippen molar-refractivity contribution in [1.29, 1.82) is 0 Å². The second kappa shape index (κ2) is 5.98. The molecule has 1 aromatic carbocycles. The molecule has 0 bridgehead atoms. The maximum Gasteiger partial charge on any atom is 0.0696 e. The van der Waals surface area contributed by atoms with Gasteiger partial charge < -0.3 is 0 Å². The molecule has 1 rings (SSSR count). The molecule has 0 aliphatic heterocycles. The molecule has 0 heterocycles. The van der Waals surface area contributed by atoms with Crippen LogP contribution in [0.15, 0.2) is 48.1 Å². The van der Waals surface area contributed by atoms with Gasteiger partial charge in [0.15, 0.2) is 0 Å². The van der Waals surface area contributed by atoms with Crippen LogP contribution in [0.1, 0.15) is 30.9 Å². The third-order valence-corrected chi connectivity index (χ3v) is 2.57. The Labute approximate surface area is 98.7 Å². The fourth-order valence-electron chi connectivity index (χ4n) is 1.79. The zero-order chi connectivity index (χ0) is 12.0. The fraction of sp³-hybridized carbons (Fsp3) is 0.250. The standard InChI is InChI=1S/C16H18/c1-5-9-14(6-2)16(7-3)15-11-8-10-13(4)12-15/h3,5-6,8-12,16H,1-2,4H3/b9-5-,14-6+. The molecule has 0 spiro atoms. The largest absolute Gasteiger partial charge is 0.119 e. The summed E-state index contributed by atoms with van der Waals surface area (Å²) in [5.41, 5.74) is 3.61. The predicted molar refractivity (Wildman–Crippen MR) is 71.3 cm³/mol. The highest BCUT2D eigenvalue weighted by molar-refractivity contribution is 5.42. The smallest absolute Gasteiger partial charge is 0.0696 e. The maximum absolute atomic E-state index is 5.64. The van der Waals surface area contributed by atoms with Crippen molar-refractivity contribution in [2.45, 2.75) is 26.7 Å². The van der Waals surface area contributed by atoms with Gasteiger partial charge in [0.2, 0.25) is 0 Å². The Bertz CT molecular complexity index is 441. The van der Waals surface area contributed by atoms with Gasteiger partial charge in [0.1, 0.15) is 0 Å². The number of aryl methyl sites for hydroxylation is 1. The van der Waals surface area contributed by atoms with E-state index < -0.39 is 0 Å². The Morgan fingerprint density at radius 2 is 2.12 bits per heavy atom. The summed E-state index contributed by atoms with van der Waals surface area (Å²) >= 11 is 0. The third-order valence-electron chi connectivity index (χ3n) is 2.57. The highest BCUT2D eigenvalue weighted by Gasteiger charge is 2.10. The van der Waals surface area contributed by atoms with Crippen LogP contribution in [0, 0.1) is 19.3 Å². The van der Waals surface area contributed by atoms with Crippen LogP contribution in [0.3, 0.4) is 0 Å². The summed E-state index contributed by atoms with van der Waals surface area (Å²) in [5.74, 6) is 2.92. The number of terminal acetylenes is 1. The average molecular weight is 210 g/mol. The van der Waals surface area contributed by atoms with Gasteiger partial charge in [-0.15, -0.1) is 6.42 Å². The third kappa shape index (κ3) is 2.87. The molecule has 0 aliphatic rings. The molecule has 0 fully saturated rings. The van der Waals surface area contributed by atoms with Crippen molar-refractivity contribution < 1.29 is 0 Å². The summed E-state index contributed by atoms with van der Waals surface area (Å²) in [6, 6.07) is 8.38. The molecule has 1 aromatic rings. The van der Waals surface area contributed by atoms with E-state index in [2.05, 4.69) is 49.3 Å². The van der Waals surface area contributed by atoms with Crippen LogP contribution in [-0.2, 0) is 0 Å². The molecule has 0 saturated heterocycles. The summed E-state index contributed by atoms with van der Waals surface area (Å²) in [7, 11) is 0. The average Bonchev–Trinajstić information content (AvgIpc) is 2.29. The van der Waals surface area contributed by atoms with Crippen molar-refractivity contribution in [1.82, 2.24) is 0 Å². The number of hydrogen-bond donors (Lipinski definition) is 0. The van der Waals surface area contributed by atoms with E-state index in [1.807, 2.05) is 19.9 Å². The van der Waals surface area contributed by atoms with Gasteiger partial charge in [-0.2, -0.15) is 0 Å². The van der Waals surface area contributed by atoms with Gasteiger partial charge in [-0.1, -0.05) is 54.0 Å². The predicted octanol–water partition coefficient (Wildman–Crippen LogP) is 4.23. The van der Waals surface area contributed by atoms with E-state index in [9.17, 15) is 0 Å². The lowest BCUT2D eigenvalue weighted by atomic mass is 9.90. The lowest BCUT2D eigenvalue weighted by Gasteiger charge is -2.13. The molecule has 1 unspecified atom stereocenters. The molecular weight excluding hydrogens is 192 g/mol. The van der Waals surface area contributed by atoms with Crippen molar-refractivity contribution in [3.8, 4) is 12.3 Å². The minimum absolute atomic E-state index is 0.0566.